The number of ether oxygens (including phenoxy) is 1. The van der Waals surface area contributed by atoms with Gasteiger partial charge in [0.1, 0.15) is 11.6 Å². The van der Waals surface area contributed by atoms with E-state index in [-0.39, 0.29) is 0 Å². The molecule has 3 rings (SSSR count). The van der Waals surface area contributed by atoms with Gasteiger partial charge in [-0.1, -0.05) is 6.92 Å². The number of hydrogen-bond donors (Lipinski definition) is 0. The van der Waals surface area contributed by atoms with Crippen molar-refractivity contribution in [3.05, 3.63) is 17.8 Å². The molecule has 0 N–H and O–H groups in total. The Balaban J connectivity index is 1.79. The molecule has 0 atom stereocenters. The van der Waals surface area contributed by atoms with Crippen molar-refractivity contribution in [2.45, 2.75) is 13.3 Å². The van der Waals surface area contributed by atoms with Crippen molar-refractivity contribution in [1.29, 1.82) is 0 Å². The molecule has 92 valence electrons. The average molecular weight is 233 g/mol. The Morgan fingerprint density at radius 1 is 1.29 bits per heavy atom. The van der Waals surface area contributed by atoms with Crippen molar-refractivity contribution >= 4 is 5.82 Å². The van der Waals surface area contributed by atoms with E-state index in [1.54, 1.807) is 0 Å². The second-order valence-corrected chi connectivity index (χ2v) is 4.63. The van der Waals surface area contributed by atoms with E-state index >= 15 is 0 Å². The molecule has 1 aromatic heterocycles. The van der Waals surface area contributed by atoms with Gasteiger partial charge in [-0.15, -0.1) is 0 Å². The van der Waals surface area contributed by atoms with Crippen LogP contribution in [-0.4, -0.2) is 49.2 Å². The summed E-state index contributed by atoms with van der Waals surface area (Å²) >= 11 is 0. The number of fused-ring (bicyclic) bond motifs is 1. The first-order valence-corrected chi connectivity index (χ1v) is 6.46. The minimum absolute atomic E-state index is 0.808. The van der Waals surface area contributed by atoms with E-state index in [0.717, 1.165) is 57.3 Å². The van der Waals surface area contributed by atoms with Crippen LogP contribution in [-0.2, 0) is 6.42 Å². The zero-order chi connectivity index (χ0) is 11.7. The van der Waals surface area contributed by atoms with Crippen LogP contribution in [0.15, 0.2) is 12.3 Å². The van der Waals surface area contributed by atoms with Gasteiger partial charge < -0.3 is 14.5 Å². The van der Waals surface area contributed by atoms with E-state index in [0.29, 0.717) is 0 Å². The first-order valence-electron chi connectivity index (χ1n) is 6.46. The molecule has 0 aliphatic carbocycles. The number of aromatic nitrogens is 1. The molecule has 1 fully saturated rings. The summed E-state index contributed by atoms with van der Waals surface area (Å²) in [6, 6.07) is 1.98. The number of hydrogen-bond acceptors (Lipinski definition) is 4. The van der Waals surface area contributed by atoms with Gasteiger partial charge in [-0.05, 0) is 12.6 Å². The third-order valence-corrected chi connectivity index (χ3v) is 3.72. The molecule has 1 saturated heterocycles. The SMILES string of the molecule is CCN1CCN(c2nccc3c2CCO3)CC1. The molecule has 3 heterocycles. The number of anilines is 1. The second kappa shape index (κ2) is 4.53. The molecule has 0 aromatic carbocycles. The van der Waals surface area contributed by atoms with Crippen LogP contribution in [0.1, 0.15) is 12.5 Å². The van der Waals surface area contributed by atoms with Crippen LogP contribution < -0.4 is 9.64 Å². The standard InChI is InChI=1S/C13H19N3O/c1-2-15-6-8-16(9-7-15)13-11-4-10-17-12(11)3-5-14-13/h3,5H,2,4,6-10H2,1H3. The third kappa shape index (κ3) is 1.97. The summed E-state index contributed by atoms with van der Waals surface area (Å²) in [6.45, 7) is 8.63. The summed E-state index contributed by atoms with van der Waals surface area (Å²) in [5.74, 6) is 2.18. The highest BCUT2D eigenvalue weighted by Gasteiger charge is 2.23. The summed E-state index contributed by atoms with van der Waals surface area (Å²) in [7, 11) is 0. The highest BCUT2D eigenvalue weighted by molar-refractivity contribution is 5.55. The molecule has 2 aliphatic rings. The normalized spacial score (nSPS) is 20.2. The van der Waals surface area contributed by atoms with Crippen LogP contribution in [0.2, 0.25) is 0 Å². The quantitative estimate of drug-likeness (QED) is 0.766. The van der Waals surface area contributed by atoms with Crippen molar-refractivity contribution in [3.8, 4) is 5.75 Å². The molecule has 4 nitrogen and oxygen atoms in total. The number of nitrogens with zero attached hydrogens (tertiary/aromatic N) is 3. The van der Waals surface area contributed by atoms with E-state index in [2.05, 4.69) is 21.7 Å². The lowest BCUT2D eigenvalue weighted by Gasteiger charge is -2.35. The maximum absolute atomic E-state index is 5.60. The molecule has 17 heavy (non-hydrogen) atoms. The lowest BCUT2D eigenvalue weighted by Crippen LogP contribution is -2.46. The molecule has 0 radical (unpaired) electrons. The summed E-state index contributed by atoms with van der Waals surface area (Å²) in [4.78, 5) is 9.44. The van der Waals surface area contributed by atoms with Crippen molar-refractivity contribution in [1.82, 2.24) is 9.88 Å². The van der Waals surface area contributed by atoms with Gasteiger partial charge >= 0.3 is 0 Å². The smallest absolute Gasteiger partial charge is 0.135 e. The Hall–Kier alpha value is -1.29. The number of rotatable bonds is 2. The van der Waals surface area contributed by atoms with Gasteiger partial charge in [-0.3, -0.25) is 0 Å². The maximum Gasteiger partial charge on any atom is 0.135 e. The highest BCUT2D eigenvalue weighted by atomic mass is 16.5. The second-order valence-electron chi connectivity index (χ2n) is 4.63. The van der Waals surface area contributed by atoms with Crippen LogP contribution in [0, 0.1) is 0 Å². The fraction of sp³-hybridized carbons (Fsp3) is 0.615. The molecule has 0 spiro atoms. The van der Waals surface area contributed by atoms with E-state index in [1.165, 1.54) is 5.56 Å². The summed E-state index contributed by atoms with van der Waals surface area (Å²) in [5, 5.41) is 0. The largest absolute Gasteiger partial charge is 0.493 e. The highest BCUT2D eigenvalue weighted by Crippen LogP contribution is 2.32. The summed E-state index contributed by atoms with van der Waals surface area (Å²) in [5.41, 5.74) is 1.30. The van der Waals surface area contributed by atoms with Crippen molar-refractivity contribution in [2.24, 2.45) is 0 Å². The first kappa shape index (κ1) is 10.8. The van der Waals surface area contributed by atoms with E-state index in [4.69, 9.17) is 4.74 Å². The van der Waals surface area contributed by atoms with Crippen LogP contribution >= 0.6 is 0 Å². The molecule has 4 heteroatoms. The molecule has 0 bridgehead atoms. The Bertz CT molecular complexity index is 400. The molecule has 1 aromatic rings. The van der Waals surface area contributed by atoms with E-state index < -0.39 is 0 Å². The van der Waals surface area contributed by atoms with Crippen molar-refractivity contribution < 1.29 is 4.74 Å². The van der Waals surface area contributed by atoms with Gasteiger partial charge in [0.2, 0.25) is 0 Å². The van der Waals surface area contributed by atoms with Gasteiger partial charge in [0.05, 0.1) is 6.61 Å². The molecular weight excluding hydrogens is 214 g/mol. The average Bonchev–Trinajstić information content (AvgIpc) is 2.87. The third-order valence-electron chi connectivity index (χ3n) is 3.72. The minimum atomic E-state index is 0.808. The van der Waals surface area contributed by atoms with Crippen molar-refractivity contribution in [2.75, 3.05) is 44.2 Å². The first-order chi connectivity index (χ1) is 8.38. The predicted octanol–water partition coefficient (Wildman–Crippen LogP) is 1.16. The Morgan fingerprint density at radius 3 is 2.88 bits per heavy atom. The lowest BCUT2D eigenvalue weighted by molar-refractivity contribution is 0.270. The maximum atomic E-state index is 5.60. The molecule has 0 unspecified atom stereocenters. The Labute approximate surface area is 102 Å². The number of piperazine rings is 1. The predicted molar refractivity (Wildman–Crippen MR) is 67.8 cm³/mol. The fourth-order valence-corrected chi connectivity index (χ4v) is 2.65. The van der Waals surface area contributed by atoms with Crippen LogP contribution in [0.3, 0.4) is 0 Å². The van der Waals surface area contributed by atoms with Gasteiger partial charge in [-0.2, -0.15) is 0 Å². The fourth-order valence-electron chi connectivity index (χ4n) is 2.65. The lowest BCUT2D eigenvalue weighted by atomic mass is 10.2. The van der Waals surface area contributed by atoms with Gasteiger partial charge in [0.25, 0.3) is 0 Å². The molecular formula is C13H19N3O. The van der Waals surface area contributed by atoms with Gasteiger partial charge in [-0.25, -0.2) is 4.98 Å². The topological polar surface area (TPSA) is 28.6 Å². The van der Waals surface area contributed by atoms with Crippen LogP contribution in [0.4, 0.5) is 5.82 Å². The molecule has 2 aliphatic heterocycles. The number of likely N-dealkylation sites (N-methyl/N-ethyl adjacent to an activating group) is 1. The van der Waals surface area contributed by atoms with E-state index in [9.17, 15) is 0 Å². The van der Waals surface area contributed by atoms with E-state index in [1.807, 2.05) is 12.3 Å². The van der Waals surface area contributed by atoms with Crippen LogP contribution in [0.5, 0.6) is 5.75 Å². The number of pyridine rings is 1. The van der Waals surface area contributed by atoms with Gasteiger partial charge in [0.15, 0.2) is 0 Å². The minimum Gasteiger partial charge on any atom is -0.493 e. The molecule has 0 saturated carbocycles. The monoisotopic (exact) mass is 233 g/mol. The Kier molecular flexibility index (Phi) is 2.89. The van der Waals surface area contributed by atoms with Crippen molar-refractivity contribution in [3.63, 3.8) is 0 Å². The zero-order valence-electron chi connectivity index (χ0n) is 10.4. The van der Waals surface area contributed by atoms with Crippen LogP contribution in [0.25, 0.3) is 0 Å². The zero-order valence-corrected chi connectivity index (χ0v) is 10.4. The summed E-state index contributed by atoms with van der Waals surface area (Å²) in [6.07, 6.45) is 2.87. The van der Waals surface area contributed by atoms with Gasteiger partial charge in [0, 0.05) is 44.4 Å². The summed E-state index contributed by atoms with van der Waals surface area (Å²) < 4.78 is 5.60. The Morgan fingerprint density at radius 2 is 2.12 bits per heavy atom. The molecule has 0 amide bonds.